The van der Waals surface area contributed by atoms with Crippen molar-refractivity contribution < 1.29 is 0 Å². The Hall–Kier alpha value is -1.69. The van der Waals surface area contributed by atoms with Crippen LogP contribution in [0.2, 0.25) is 0 Å². The Morgan fingerprint density at radius 3 is 2.75 bits per heavy atom. The second-order valence-electron chi connectivity index (χ2n) is 3.85. The molecule has 16 heavy (non-hydrogen) atoms. The molecule has 1 N–H and O–H groups in total. The molecule has 0 saturated heterocycles. The van der Waals surface area contributed by atoms with E-state index in [1.165, 1.54) is 0 Å². The van der Waals surface area contributed by atoms with Crippen LogP contribution in [0, 0.1) is 6.92 Å². The Morgan fingerprint density at radius 1 is 1.44 bits per heavy atom. The SMILES string of the molecule is CNC(C)c1nnn(-c2cnn(C)c2)c1C. The van der Waals surface area contributed by atoms with E-state index < -0.39 is 0 Å². The maximum atomic E-state index is 4.19. The minimum absolute atomic E-state index is 0.199. The normalized spacial score (nSPS) is 13.0. The zero-order valence-corrected chi connectivity index (χ0v) is 9.97. The van der Waals surface area contributed by atoms with E-state index in [0.29, 0.717) is 0 Å². The van der Waals surface area contributed by atoms with Gasteiger partial charge in [0, 0.05) is 7.05 Å². The van der Waals surface area contributed by atoms with Gasteiger partial charge in [-0.15, -0.1) is 5.10 Å². The van der Waals surface area contributed by atoms with Crippen LogP contribution < -0.4 is 5.32 Å². The van der Waals surface area contributed by atoms with E-state index in [0.717, 1.165) is 17.1 Å². The van der Waals surface area contributed by atoms with E-state index in [4.69, 9.17) is 0 Å². The van der Waals surface area contributed by atoms with Crippen LogP contribution in [0.4, 0.5) is 0 Å². The van der Waals surface area contributed by atoms with Crippen molar-refractivity contribution in [2.24, 2.45) is 7.05 Å². The summed E-state index contributed by atoms with van der Waals surface area (Å²) in [5.41, 5.74) is 2.93. The van der Waals surface area contributed by atoms with Crippen molar-refractivity contribution >= 4 is 0 Å². The summed E-state index contributed by atoms with van der Waals surface area (Å²) in [6.07, 6.45) is 3.69. The van der Waals surface area contributed by atoms with Crippen molar-refractivity contribution in [3.05, 3.63) is 23.8 Å². The minimum Gasteiger partial charge on any atom is -0.312 e. The smallest absolute Gasteiger partial charge is 0.105 e. The molecular formula is C10H16N6. The summed E-state index contributed by atoms with van der Waals surface area (Å²) in [6.45, 7) is 4.07. The maximum Gasteiger partial charge on any atom is 0.105 e. The lowest BCUT2D eigenvalue weighted by molar-refractivity contribution is 0.627. The third kappa shape index (κ3) is 1.71. The Morgan fingerprint density at radius 2 is 2.19 bits per heavy atom. The standard InChI is InChI=1S/C10H16N6/c1-7(11-3)10-8(2)16(14-13-10)9-5-12-15(4)6-9/h5-7,11H,1-4H3. The first-order valence-electron chi connectivity index (χ1n) is 5.22. The van der Waals surface area contributed by atoms with Crippen LogP contribution in [-0.2, 0) is 7.05 Å². The van der Waals surface area contributed by atoms with Crippen molar-refractivity contribution in [1.82, 2.24) is 30.1 Å². The minimum atomic E-state index is 0.199. The lowest BCUT2D eigenvalue weighted by Gasteiger charge is -2.07. The monoisotopic (exact) mass is 220 g/mol. The summed E-state index contributed by atoms with van der Waals surface area (Å²) in [6, 6.07) is 0.199. The second-order valence-corrected chi connectivity index (χ2v) is 3.85. The van der Waals surface area contributed by atoms with Gasteiger partial charge in [-0.05, 0) is 20.9 Å². The Kier molecular flexibility index (Phi) is 2.74. The largest absolute Gasteiger partial charge is 0.312 e. The molecule has 86 valence electrons. The Labute approximate surface area is 94.3 Å². The van der Waals surface area contributed by atoms with Gasteiger partial charge in [-0.25, -0.2) is 4.68 Å². The van der Waals surface area contributed by atoms with E-state index in [-0.39, 0.29) is 6.04 Å². The molecule has 0 aliphatic heterocycles. The van der Waals surface area contributed by atoms with Gasteiger partial charge in [0.2, 0.25) is 0 Å². The highest BCUT2D eigenvalue weighted by atomic mass is 15.4. The fraction of sp³-hybridized carbons (Fsp3) is 0.500. The molecule has 0 bridgehead atoms. The first kappa shape index (κ1) is 10.8. The molecule has 0 fully saturated rings. The van der Waals surface area contributed by atoms with Gasteiger partial charge >= 0.3 is 0 Å². The van der Waals surface area contributed by atoms with Crippen LogP contribution in [0.1, 0.15) is 24.4 Å². The third-order valence-corrected chi connectivity index (χ3v) is 2.71. The summed E-state index contributed by atoms with van der Waals surface area (Å²) < 4.78 is 3.55. The maximum absolute atomic E-state index is 4.19. The van der Waals surface area contributed by atoms with E-state index >= 15 is 0 Å². The van der Waals surface area contributed by atoms with Crippen LogP contribution in [-0.4, -0.2) is 31.8 Å². The molecule has 1 unspecified atom stereocenters. The quantitative estimate of drug-likeness (QED) is 0.822. The van der Waals surface area contributed by atoms with Crippen molar-refractivity contribution in [2.75, 3.05) is 7.05 Å². The van der Waals surface area contributed by atoms with Gasteiger partial charge < -0.3 is 5.32 Å². The van der Waals surface area contributed by atoms with Gasteiger partial charge in [-0.3, -0.25) is 4.68 Å². The molecule has 0 radical (unpaired) electrons. The molecule has 0 aromatic carbocycles. The molecular weight excluding hydrogens is 204 g/mol. The molecule has 0 aliphatic rings. The molecule has 1 atom stereocenters. The van der Waals surface area contributed by atoms with Gasteiger partial charge in [0.15, 0.2) is 0 Å². The van der Waals surface area contributed by atoms with Crippen LogP contribution in [0.25, 0.3) is 5.69 Å². The zero-order chi connectivity index (χ0) is 11.7. The number of aromatic nitrogens is 5. The van der Waals surface area contributed by atoms with Crippen molar-refractivity contribution in [2.45, 2.75) is 19.9 Å². The summed E-state index contributed by atoms with van der Waals surface area (Å²) in [5.74, 6) is 0. The van der Waals surface area contributed by atoms with E-state index in [9.17, 15) is 0 Å². The van der Waals surface area contributed by atoms with Crippen LogP contribution >= 0.6 is 0 Å². The number of aryl methyl sites for hydroxylation is 1. The van der Waals surface area contributed by atoms with Crippen molar-refractivity contribution in [1.29, 1.82) is 0 Å². The average molecular weight is 220 g/mol. The molecule has 0 spiro atoms. The molecule has 0 saturated carbocycles. The van der Waals surface area contributed by atoms with E-state index in [1.807, 2.05) is 27.2 Å². The zero-order valence-electron chi connectivity index (χ0n) is 9.97. The second kappa shape index (κ2) is 4.05. The van der Waals surface area contributed by atoms with Crippen LogP contribution in [0.15, 0.2) is 12.4 Å². The van der Waals surface area contributed by atoms with Crippen molar-refractivity contribution in [3.63, 3.8) is 0 Å². The molecule has 2 heterocycles. The average Bonchev–Trinajstić information content (AvgIpc) is 2.83. The van der Waals surface area contributed by atoms with Crippen molar-refractivity contribution in [3.8, 4) is 5.69 Å². The third-order valence-electron chi connectivity index (χ3n) is 2.71. The lowest BCUT2D eigenvalue weighted by Crippen LogP contribution is -2.14. The Bertz CT molecular complexity index is 483. The Balaban J connectivity index is 2.40. The summed E-state index contributed by atoms with van der Waals surface area (Å²) in [7, 11) is 3.79. The first-order chi connectivity index (χ1) is 7.63. The highest BCUT2D eigenvalue weighted by Crippen LogP contribution is 2.16. The predicted octanol–water partition coefficient (Wildman–Crippen LogP) is 0.590. The highest BCUT2D eigenvalue weighted by molar-refractivity contribution is 5.28. The fourth-order valence-corrected chi connectivity index (χ4v) is 1.64. The fourth-order valence-electron chi connectivity index (χ4n) is 1.64. The molecule has 0 aliphatic carbocycles. The summed E-state index contributed by atoms with van der Waals surface area (Å²) in [5, 5.41) is 15.6. The van der Waals surface area contributed by atoms with Gasteiger partial charge in [0.05, 0.1) is 24.1 Å². The number of rotatable bonds is 3. The van der Waals surface area contributed by atoms with Crippen LogP contribution in [0.3, 0.4) is 0 Å². The van der Waals surface area contributed by atoms with Gasteiger partial charge in [0.25, 0.3) is 0 Å². The van der Waals surface area contributed by atoms with E-state index in [1.54, 1.807) is 15.6 Å². The number of nitrogens with zero attached hydrogens (tertiary/aromatic N) is 5. The first-order valence-corrected chi connectivity index (χ1v) is 5.22. The molecule has 2 aromatic rings. The summed E-state index contributed by atoms with van der Waals surface area (Å²) >= 11 is 0. The molecule has 6 heteroatoms. The summed E-state index contributed by atoms with van der Waals surface area (Å²) in [4.78, 5) is 0. The topological polar surface area (TPSA) is 60.6 Å². The van der Waals surface area contributed by atoms with Crippen LogP contribution in [0.5, 0.6) is 0 Å². The molecule has 6 nitrogen and oxygen atoms in total. The number of nitrogens with one attached hydrogen (secondary N) is 1. The van der Waals surface area contributed by atoms with E-state index in [2.05, 4.69) is 27.7 Å². The highest BCUT2D eigenvalue weighted by Gasteiger charge is 2.15. The predicted molar refractivity (Wildman–Crippen MR) is 60.3 cm³/mol. The lowest BCUT2D eigenvalue weighted by atomic mass is 10.2. The number of hydrogen-bond donors (Lipinski definition) is 1. The molecule has 0 amide bonds. The van der Waals surface area contributed by atoms with Gasteiger partial charge in [-0.2, -0.15) is 5.10 Å². The molecule has 2 aromatic heterocycles. The molecule has 2 rings (SSSR count). The van der Waals surface area contributed by atoms with Gasteiger partial charge in [0.1, 0.15) is 11.4 Å². The van der Waals surface area contributed by atoms with Gasteiger partial charge in [-0.1, -0.05) is 5.21 Å². The number of hydrogen-bond acceptors (Lipinski definition) is 4.